The first-order valence-electron chi connectivity index (χ1n) is 8.87. The van der Waals surface area contributed by atoms with E-state index >= 15 is 0 Å². The van der Waals surface area contributed by atoms with Crippen LogP contribution < -0.4 is 20.3 Å². The number of pyridine rings is 1. The highest BCUT2D eigenvalue weighted by Gasteiger charge is 2.16. The van der Waals surface area contributed by atoms with Crippen LogP contribution in [0, 0.1) is 0 Å². The fourth-order valence-electron chi connectivity index (χ4n) is 2.97. The standard InChI is InChI=1S/C20H17N5O4S/c1-28-15-6-5-13-9-22-25(19(27)17(13)18(15)29-2)10-16(26)24-20-23-14(11-30-20)12-4-3-7-21-8-12/h3-9,11H,10H2,1-2H3,(H,23,24,26). The summed E-state index contributed by atoms with van der Waals surface area (Å²) in [7, 11) is 2.95. The zero-order valence-electron chi connectivity index (χ0n) is 16.2. The summed E-state index contributed by atoms with van der Waals surface area (Å²) in [6.45, 7) is -0.267. The SMILES string of the molecule is COc1ccc2cnn(CC(=O)Nc3nc(-c4cccnc4)cs3)c(=O)c2c1OC. The van der Waals surface area contributed by atoms with Crippen molar-refractivity contribution in [1.29, 1.82) is 0 Å². The van der Waals surface area contributed by atoms with Crippen LogP contribution in [0.4, 0.5) is 5.13 Å². The van der Waals surface area contributed by atoms with Crippen molar-refractivity contribution in [3.8, 4) is 22.8 Å². The molecule has 9 nitrogen and oxygen atoms in total. The van der Waals surface area contributed by atoms with Crippen LogP contribution in [0.2, 0.25) is 0 Å². The lowest BCUT2D eigenvalue weighted by atomic mass is 10.1. The molecule has 3 aromatic heterocycles. The van der Waals surface area contributed by atoms with Crippen molar-refractivity contribution in [2.75, 3.05) is 19.5 Å². The second-order valence-corrected chi connectivity index (χ2v) is 7.06. The van der Waals surface area contributed by atoms with E-state index < -0.39 is 11.5 Å². The van der Waals surface area contributed by atoms with Gasteiger partial charge in [0.2, 0.25) is 5.91 Å². The van der Waals surface area contributed by atoms with Crippen LogP contribution in [-0.2, 0) is 11.3 Å². The Hall–Kier alpha value is -3.79. The topological polar surface area (TPSA) is 108 Å². The number of ether oxygens (including phenoxy) is 2. The zero-order valence-corrected chi connectivity index (χ0v) is 17.0. The summed E-state index contributed by atoms with van der Waals surface area (Å²) in [6.07, 6.45) is 4.88. The molecule has 30 heavy (non-hydrogen) atoms. The molecular formula is C20H17N5O4S. The number of amides is 1. The van der Waals surface area contributed by atoms with E-state index in [0.29, 0.717) is 33.1 Å². The normalized spacial score (nSPS) is 10.7. The highest BCUT2D eigenvalue weighted by molar-refractivity contribution is 7.14. The molecule has 0 bridgehead atoms. The van der Waals surface area contributed by atoms with Crippen molar-refractivity contribution < 1.29 is 14.3 Å². The second kappa shape index (κ2) is 8.29. The number of methoxy groups -OCH3 is 2. The molecule has 152 valence electrons. The summed E-state index contributed by atoms with van der Waals surface area (Å²) in [6, 6.07) is 7.11. The maximum Gasteiger partial charge on any atom is 0.279 e. The van der Waals surface area contributed by atoms with Gasteiger partial charge in [-0.15, -0.1) is 11.3 Å². The fourth-order valence-corrected chi connectivity index (χ4v) is 3.71. The van der Waals surface area contributed by atoms with Crippen LogP contribution in [0.15, 0.2) is 53.0 Å². The van der Waals surface area contributed by atoms with Gasteiger partial charge in [-0.25, -0.2) is 9.67 Å². The number of fused-ring (bicyclic) bond motifs is 1. The Morgan fingerprint density at radius 3 is 2.80 bits per heavy atom. The summed E-state index contributed by atoms with van der Waals surface area (Å²) >= 11 is 1.29. The number of carbonyl (C=O) groups is 1. The third-order valence-electron chi connectivity index (χ3n) is 4.36. The van der Waals surface area contributed by atoms with Gasteiger partial charge in [-0.3, -0.25) is 14.6 Å². The van der Waals surface area contributed by atoms with Gasteiger partial charge >= 0.3 is 0 Å². The molecule has 0 unspecified atom stereocenters. The Bertz CT molecular complexity index is 1270. The molecule has 0 aliphatic rings. The number of carbonyl (C=O) groups excluding carboxylic acids is 1. The van der Waals surface area contributed by atoms with Gasteiger partial charge in [0.05, 0.1) is 31.5 Å². The third kappa shape index (κ3) is 3.72. The van der Waals surface area contributed by atoms with Gasteiger partial charge in [-0.1, -0.05) is 0 Å². The molecule has 0 radical (unpaired) electrons. The number of hydrogen-bond acceptors (Lipinski definition) is 8. The van der Waals surface area contributed by atoms with Gasteiger partial charge in [-0.2, -0.15) is 5.10 Å². The minimum Gasteiger partial charge on any atom is -0.493 e. The lowest BCUT2D eigenvalue weighted by molar-refractivity contribution is -0.117. The van der Waals surface area contributed by atoms with Crippen LogP contribution in [0.25, 0.3) is 22.0 Å². The Balaban J connectivity index is 1.57. The molecular weight excluding hydrogens is 406 g/mol. The largest absolute Gasteiger partial charge is 0.493 e. The number of nitrogens with zero attached hydrogens (tertiary/aromatic N) is 4. The van der Waals surface area contributed by atoms with Crippen LogP contribution in [0.1, 0.15) is 0 Å². The quantitative estimate of drug-likeness (QED) is 0.508. The van der Waals surface area contributed by atoms with E-state index in [1.165, 1.54) is 31.8 Å². The monoisotopic (exact) mass is 423 g/mol. The third-order valence-corrected chi connectivity index (χ3v) is 5.12. The van der Waals surface area contributed by atoms with E-state index in [9.17, 15) is 9.59 Å². The zero-order chi connectivity index (χ0) is 21.1. The molecule has 4 rings (SSSR count). The number of nitrogens with one attached hydrogen (secondary N) is 1. The number of hydrogen-bond donors (Lipinski definition) is 1. The van der Waals surface area contributed by atoms with E-state index in [2.05, 4.69) is 20.4 Å². The molecule has 10 heteroatoms. The van der Waals surface area contributed by atoms with Gasteiger partial charge < -0.3 is 14.8 Å². The van der Waals surface area contributed by atoms with E-state index in [0.717, 1.165) is 10.2 Å². The van der Waals surface area contributed by atoms with Crippen molar-refractivity contribution in [1.82, 2.24) is 19.7 Å². The fraction of sp³-hybridized carbons (Fsp3) is 0.150. The first-order valence-corrected chi connectivity index (χ1v) is 9.75. The van der Waals surface area contributed by atoms with Gasteiger partial charge in [0.1, 0.15) is 6.54 Å². The molecule has 0 fully saturated rings. The number of rotatable bonds is 6. The van der Waals surface area contributed by atoms with E-state index in [1.54, 1.807) is 24.5 Å². The van der Waals surface area contributed by atoms with Crippen molar-refractivity contribution in [3.63, 3.8) is 0 Å². The Morgan fingerprint density at radius 1 is 1.20 bits per heavy atom. The Kier molecular flexibility index (Phi) is 5.40. The van der Waals surface area contributed by atoms with Crippen molar-refractivity contribution in [3.05, 3.63) is 58.6 Å². The molecule has 0 aliphatic heterocycles. The summed E-state index contributed by atoms with van der Waals surface area (Å²) < 4.78 is 11.7. The maximum absolute atomic E-state index is 12.9. The molecule has 4 aromatic rings. The van der Waals surface area contributed by atoms with E-state index in [-0.39, 0.29) is 6.54 Å². The van der Waals surface area contributed by atoms with E-state index in [1.807, 2.05) is 17.5 Å². The minimum atomic E-state index is -0.450. The first-order chi connectivity index (χ1) is 14.6. The number of aromatic nitrogens is 4. The predicted molar refractivity (Wildman–Crippen MR) is 113 cm³/mol. The number of anilines is 1. The molecule has 1 aromatic carbocycles. The van der Waals surface area contributed by atoms with Crippen molar-refractivity contribution in [2.24, 2.45) is 0 Å². The summed E-state index contributed by atoms with van der Waals surface area (Å²) in [5.74, 6) is 0.311. The van der Waals surface area contributed by atoms with Gasteiger partial charge in [-0.05, 0) is 24.3 Å². The van der Waals surface area contributed by atoms with Gasteiger partial charge in [0.25, 0.3) is 5.56 Å². The van der Waals surface area contributed by atoms with Crippen molar-refractivity contribution >= 4 is 33.1 Å². The maximum atomic E-state index is 12.9. The van der Waals surface area contributed by atoms with E-state index in [4.69, 9.17) is 9.47 Å². The minimum absolute atomic E-state index is 0.267. The van der Waals surface area contributed by atoms with Crippen LogP contribution >= 0.6 is 11.3 Å². The molecule has 1 amide bonds. The molecule has 0 spiro atoms. The highest BCUT2D eigenvalue weighted by atomic mass is 32.1. The summed E-state index contributed by atoms with van der Waals surface area (Å²) in [5, 5.41) is 9.93. The first kappa shape index (κ1) is 19.5. The lowest BCUT2D eigenvalue weighted by Crippen LogP contribution is -2.29. The molecule has 0 saturated carbocycles. The van der Waals surface area contributed by atoms with Gasteiger partial charge in [0, 0.05) is 28.7 Å². The highest BCUT2D eigenvalue weighted by Crippen LogP contribution is 2.32. The Morgan fingerprint density at radius 2 is 2.07 bits per heavy atom. The van der Waals surface area contributed by atoms with Crippen LogP contribution in [-0.4, -0.2) is 39.9 Å². The average Bonchev–Trinajstić information content (AvgIpc) is 3.23. The smallest absolute Gasteiger partial charge is 0.279 e. The summed E-state index contributed by atoms with van der Waals surface area (Å²) in [5.41, 5.74) is 1.11. The van der Waals surface area contributed by atoms with Crippen LogP contribution in [0.3, 0.4) is 0 Å². The lowest BCUT2D eigenvalue weighted by Gasteiger charge is -2.11. The molecule has 3 heterocycles. The number of benzene rings is 1. The van der Waals surface area contributed by atoms with Crippen LogP contribution in [0.5, 0.6) is 11.5 Å². The number of thiazole rings is 1. The van der Waals surface area contributed by atoms with Crippen molar-refractivity contribution in [2.45, 2.75) is 6.54 Å². The second-order valence-electron chi connectivity index (χ2n) is 6.20. The molecule has 0 aliphatic carbocycles. The molecule has 0 atom stereocenters. The predicted octanol–water partition coefficient (Wildman–Crippen LogP) is 2.57. The molecule has 1 N–H and O–H groups in total. The Labute approximate surface area is 174 Å². The average molecular weight is 423 g/mol. The molecule has 0 saturated heterocycles. The summed E-state index contributed by atoms with van der Waals surface area (Å²) in [4.78, 5) is 33.8. The van der Waals surface area contributed by atoms with Gasteiger partial charge in [0.15, 0.2) is 16.6 Å².